The van der Waals surface area contributed by atoms with Gasteiger partial charge in [0, 0.05) is 6.04 Å². The first-order valence-corrected chi connectivity index (χ1v) is 7.33. The molecule has 3 atom stereocenters. The van der Waals surface area contributed by atoms with E-state index in [-0.39, 0.29) is 0 Å². The van der Waals surface area contributed by atoms with Crippen molar-refractivity contribution >= 4 is 0 Å². The van der Waals surface area contributed by atoms with E-state index in [4.69, 9.17) is 0 Å². The van der Waals surface area contributed by atoms with Crippen molar-refractivity contribution in [3.05, 3.63) is 35.9 Å². The van der Waals surface area contributed by atoms with Gasteiger partial charge in [0.25, 0.3) is 0 Å². The first-order valence-electron chi connectivity index (χ1n) is 7.33. The molecule has 1 nitrogen and oxygen atoms in total. The summed E-state index contributed by atoms with van der Waals surface area (Å²) in [4.78, 5) is 0. The van der Waals surface area contributed by atoms with Gasteiger partial charge in [0.15, 0.2) is 0 Å². The van der Waals surface area contributed by atoms with E-state index >= 15 is 0 Å². The third-order valence-corrected chi connectivity index (χ3v) is 4.41. The molecule has 0 aromatic heterocycles. The highest BCUT2D eigenvalue weighted by atomic mass is 14.9. The molecule has 1 aromatic carbocycles. The van der Waals surface area contributed by atoms with Gasteiger partial charge in [-0.1, -0.05) is 51.1 Å². The van der Waals surface area contributed by atoms with E-state index in [1.165, 1.54) is 18.4 Å². The highest BCUT2D eigenvalue weighted by Crippen LogP contribution is 2.58. The number of hydrogen-bond donors (Lipinski definition) is 1. The van der Waals surface area contributed by atoms with Crippen LogP contribution in [0.1, 0.15) is 52.0 Å². The van der Waals surface area contributed by atoms with E-state index in [0.717, 1.165) is 18.4 Å². The molecule has 1 aliphatic carbocycles. The summed E-state index contributed by atoms with van der Waals surface area (Å²) in [6.45, 7) is 10.4. The lowest BCUT2D eigenvalue weighted by molar-refractivity contribution is 0.245. The molecule has 3 unspecified atom stereocenters. The maximum absolute atomic E-state index is 3.54. The minimum Gasteiger partial charge on any atom is -0.315 e. The van der Waals surface area contributed by atoms with Crippen molar-refractivity contribution in [3.63, 3.8) is 0 Å². The van der Waals surface area contributed by atoms with Crippen LogP contribution in [0.2, 0.25) is 0 Å². The number of nitrogens with one attached hydrogen (secondary N) is 1. The van der Waals surface area contributed by atoms with E-state index in [0.29, 0.717) is 11.5 Å². The Morgan fingerprint density at radius 2 is 1.94 bits per heavy atom. The first-order chi connectivity index (χ1) is 8.54. The molecule has 1 N–H and O–H groups in total. The zero-order valence-electron chi connectivity index (χ0n) is 12.2. The number of rotatable bonds is 6. The molecule has 0 spiro atoms. The Kier molecular flexibility index (Phi) is 4.11. The minimum atomic E-state index is 0.447. The summed E-state index contributed by atoms with van der Waals surface area (Å²) in [5.41, 5.74) is 1.98. The van der Waals surface area contributed by atoms with Crippen molar-refractivity contribution < 1.29 is 0 Å². The summed E-state index contributed by atoms with van der Waals surface area (Å²) in [6.07, 6.45) is 2.64. The molecule has 1 heteroatoms. The summed E-state index contributed by atoms with van der Waals surface area (Å²) >= 11 is 0. The molecule has 1 aliphatic rings. The maximum Gasteiger partial charge on any atom is 0.00437 e. The minimum absolute atomic E-state index is 0.447. The average Bonchev–Trinajstić information content (AvgIpc) is 3.10. The molecule has 0 saturated heterocycles. The van der Waals surface area contributed by atoms with Gasteiger partial charge in [-0.15, -0.1) is 0 Å². The van der Waals surface area contributed by atoms with Crippen molar-refractivity contribution in [2.75, 3.05) is 6.54 Å². The predicted octanol–water partition coefficient (Wildman–Crippen LogP) is 4.20. The molecule has 1 aromatic rings. The quantitative estimate of drug-likeness (QED) is 0.792. The smallest absolute Gasteiger partial charge is 0.00437 e. The molecule has 0 heterocycles. The van der Waals surface area contributed by atoms with Gasteiger partial charge < -0.3 is 5.32 Å². The highest BCUT2D eigenvalue weighted by molar-refractivity contribution is 5.26. The number of benzene rings is 1. The molecule has 2 rings (SSSR count). The van der Waals surface area contributed by atoms with Crippen molar-refractivity contribution in [2.45, 2.75) is 52.5 Å². The van der Waals surface area contributed by atoms with Crippen LogP contribution in [0, 0.1) is 11.3 Å². The zero-order valence-corrected chi connectivity index (χ0v) is 12.2. The zero-order chi connectivity index (χ0) is 13.2. The second kappa shape index (κ2) is 5.44. The summed E-state index contributed by atoms with van der Waals surface area (Å²) in [6, 6.07) is 11.6. The fraction of sp³-hybridized carbons (Fsp3) is 0.647. The standard InChI is InChI=1S/C17H27N/c1-5-18-13(2)12-17(3,4)16-11-15(16)14-9-7-6-8-10-14/h6-10,13,15-16,18H,5,11-12H2,1-4H3. The van der Waals surface area contributed by atoms with Gasteiger partial charge in [-0.25, -0.2) is 0 Å². The van der Waals surface area contributed by atoms with Crippen LogP contribution in [0.5, 0.6) is 0 Å². The fourth-order valence-electron chi connectivity index (χ4n) is 3.49. The predicted molar refractivity (Wildman–Crippen MR) is 78.8 cm³/mol. The molecule has 18 heavy (non-hydrogen) atoms. The highest BCUT2D eigenvalue weighted by Gasteiger charge is 2.48. The third kappa shape index (κ3) is 3.14. The largest absolute Gasteiger partial charge is 0.315 e. The van der Waals surface area contributed by atoms with E-state index in [2.05, 4.69) is 63.3 Å². The molecule has 0 aliphatic heterocycles. The molecule has 1 fully saturated rings. The van der Waals surface area contributed by atoms with Gasteiger partial charge in [0.1, 0.15) is 0 Å². The molecule has 0 amide bonds. The molecular formula is C17H27N. The SMILES string of the molecule is CCNC(C)CC(C)(C)C1CC1c1ccccc1. The van der Waals surface area contributed by atoms with E-state index < -0.39 is 0 Å². The van der Waals surface area contributed by atoms with Crippen LogP contribution in [0.4, 0.5) is 0 Å². The Bertz CT molecular complexity index is 368. The fourth-order valence-corrected chi connectivity index (χ4v) is 3.49. The van der Waals surface area contributed by atoms with Crippen LogP contribution in [-0.2, 0) is 0 Å². The molecule has 0 bridgehead atoms. The monoisotopic (exact) mass is 245 g/mol. The summed E-state index contributed by atoms with van der Waals surface area (Å²) < 4.78 is 0. The van der Waals surface area contributed by atoms with Crippen molar-refractivity contribution in [1.82, 2.24) is 5.32 Å². The molecule has 1 saturated carbocycles. The van der Waals surface area contributed by atoms with Crippen molar-refractivity contribution in [2.24, 2.45) is 11.3 Å². The average molecular weight is 245 g/mol. The Labute approximate surface area is 112 Å². The van der Waals surface area contributed by atoms with Crippen LogP contribution in [0.3, 0.4) is 0 Å². The third-order valence-electron chi connectivity index (χ3n) is 4.41. The maximum atomic E-state index is 3.54. The first kappa shape index (κ1) is 13.6. The van der Waals surface area contributed by atoms with Gasteiger partial charge in [0.05, 0.1) is 0 Å². The second-order valence-corrected chi connectivity index (χ2v) is 6.51. The van der Waals surface area contributed by atoms with Crippen LogP contribution < -0.4 is 5.32 Å². The van der Waals surface area contributed by atoms with Gasteiger partial charge in [-0.05, 0) is 49.1 Å². The summed E-state index contributed by atoms with van der Waals surface area (Å²) in [5.74, 6) is 1.66. The van der Waals surface area contributed by atoms with Crippen LogP contribution >= 0.6 is 0 Å². The van der Waals surface area contributed by atoms with Crippen LogP contribution in [-0.4, -0.2) is 12.6 Å². The Hall–Kier alpha value is -0.820. The van der Waals surface area contributed by atoms with Crippen LogP contribution in [0.15, 0.2) is 30.3 Å². The molecule has 0 radical (unpaired) electrons. The normalized spacial score (nSPS) is 24.9. The molecular weight excluding hydrogens is 218 g/mol. The van der Waals surface area contributed by atoms with Crippen molar-refractivity contribution in [3.8, 4) is 0 Å². The lowest BCUT2D eigenvalue weighted by Crippen LogP contribution is -2.32. The topological polar surface area (TPSA) is 12.0 Å². The lowest BCUT2D eigenvalue weighted by atomic mass is 9.79. The summed E-state index contributed by atoms with van der Waals surface area (Å²) in [5, 5.41) is 3.54. The van der Waals surface area contributed by atoms with Crippen LogP contribution in [0.25, 0.3) is 0 Å². The van der Waals surface area contributed by atoms with E-state index in [1.807, 2.05) is 0 Å². The van der Waals surface area contributed by atoms with Gasteiger partial charge in [-0.2, -0.15) is 0 Å². The van der Waals surface area contributed by atoms with Gasteiger partial charge in [-0.3, -0.25) is 0 Å². The lowest BCUT2D eigenvalue weighted by Gasteiger charge is -2.29. The second-order valence-electron chi connectivity index (χ2n) is 6.51. The van der Waals surface area contributed by atoms with E-state index in [9.17, 15) is 0 Å². The van der Waals surface area contributed by atoms with E-state index in [1.54, 1.807) is 0 Å². The van der Waals surface area contributed by atoms with Gasteiger partial charge in [0.2, 0.25) is 0 Å². The number of hydrogen-bond acceptors (Lipinski definition) is 1. The van der Waals surface area contributed by atoms with Gasteiger partial charge >= 0.3 is 0 Å². The summed E-state index contributed by atoms with van der Waals surface area (Å²) in [7, 11) is 0. The Balaban J connectivity index is 1.93. The Morgan fingerprint density at radius 3 is 2.56 bits per heavy atom. The van der Waals surface area contributed by atoms with Crippen molar-refractivity contribution in [1.29, 1.82) is 0 Å². The molecule has 100 valence electrons. The Morgan fingerprint density at radius 1 is 1.28 bits per heavy atom.